The van der Waals surface area contributed by atoms with Crippen molar-refractivity contribution in [2.24, 2.45) is 0 Å². The first-order chi connectivity index (χ1) is 16.9. The number of anilines is 3. The first-order valence-electron chi connectivity index (χ1n) is 10.9. The lowest BCUT2D eigenvalue weighted by atomic mass is 10.1. The predicted molar refractivity (Wildman–Crippen MR) is 126 cm³/mol. The summed E-state index contributed by atoms with van der Waals surface area (Å²) >= 11 is 0. The highest BCUT2D eigenvalue weighted by Gasteiger charge is 2.19. The Hall–Kier alpha value is -4.21. The third-order valence-electron chi connectivity index (χ3n) is 5.23. The highest BCUT2D eigenvalue weighted by atomic mass is 19.1. The van der Waals surface area contributed by atoms with E-state index in [2.05, 4.69) is 34.4 Å². The van der Waals surface area contributed by atoms with Gasteiger partial charge in [0, 0.05) is 41.8 Å². The molecule has 2 N–H and O–H groups in total. The second-order valence-corrected chi connectivity index (χ2v) is 7.50. The van der Waals surface area contributed by atoms with Gasteiger partial charge in [0.1, 0.15) is 17.5 Å². The van der Waals surface area contributed by atoms with Crippen molar-refractivity contribution in [3.8, 4) is 11.4 Å². The van der Waals surface area contributed by atoms with Gasteiger partial charge in [-0.2, -0.15) is 9.59 Å². The molecule has 1 aliphatic heterocycles. The Labute approximate surface area is 201 Å². The van der Waals surface area contributed by atoms with Crippen molar-refractivity contribution >= 4 is 29.5 Å². The molecule has 35 heavy (non-hydrogen) atoms. The van der Waals surface area contributed by atoms with E-state index in [1.165, 1.54) is 24.3 Å². The van der Waals surface area contributed by atoms with Crippen LogP contribution < -0.4 is 15.5 Å². The van der Waals surface area contributed by atoms with Gasteiger partial charge < -0.3 is 15.0 Å². The standard InChI is InChI=1S/C23H25FN6O2.CO2/c1-3-19-15(2)22(30-10-12-32-13-11-30)29-21(27-19)16-4-9-20(25-14-16)28-23(31)26-18-7-5-17(24)6-8-18;2-1-3/h4-9,14H,3,10-13H2,1-2H3,(H2,25,26,28,31);. The summed E-state index contributed by atoms with van der Waals surface area (Å²) < 4.78 is 18.5. The van der Waals surface area contributed by atoms with Crippen molar-refractivity contribution in [2.45, 2.75) is 20.3 Å². The number of rotatable bonds is 5. The number of carbonyl (C=O) groups excluding carboxylic acids is 3. The van der Waals surface area contributed by atoms with E-state index < -0.39 is 6.03 Å². The van der Waals surface area contributed by atoms with E-state index in [0.29, 0.717) is 30.5 Å². The van der Waals surface area contributed by atoms with Gasteiger partial charge in [0.15, 0.2) is 5.82 Å². The maximum absolute atomic E-state index is 13.0. The average Bonchev–Trinajstić information content (AvgIpc) is 2.87. The number of aryl methyl sites for hydroxylation is 1. The minimum atomic E-state index is -0.466. The molecule has 1 aromatic carbocycles. The van der Waals surface area contributed by atoms with Gasteiger partial charge >= 0.3 is 12.2 Å². The van der Waals surface area contributed by atoms with E-state index in [0.717, 1.165) is 42.1 Å². The number of hydrogen-bond acceptors (Lipinski definition) is 8. The smallest absolute Gasteiger partial charge is 0.373 e. The molecule has 182 valence electrons. The number of urea groups is 1. The van der Waals surface area contributed by atoms with E-state index in [9.17, 15) is 9.18 Å². The number of benzene rings is 1. The Morgan fingerprint density at radius 2 is 1.77 bits per heavy atom. The topological polar surface area (TPSA) is 126 Å². The van der Waals surface area contributed by atoms with E-state index in [1.54, 1.807) is 12.3 Å². The first kappa shape index (κ1) is 25.4. The molecule has 0 spiro atoms. The number of carbonyl (C=O) groups is 1. The molecule has 2 aromatic heterocycles. The molecule has 0 aliphatic carbocycles. The van der Waals surface area contributed by atoms with Crippen molar-refractivity contribution in [3.05, 3.63) is 59.7 Å². The van der Waals surface area contributed by atoms with E-state index in [4.69, 9.17) is 24.3 Å². The van der Waals surface area contributed by atoms with Crippen molar-refractivity contribution in [1.29, 1.82) is 0 Å². The summed E-state index contributed by atoms with van der Waals surface area (Å²) in [5.74, 6) is 1.54. The molecular weight excluding hydrogens is 455 g/mol. The number of pyridine rings is 1. The monoisotopic (exact) mass is 480 g/mol. The Bertz CT molecular complexity index is 1180. The van der Waals surface area contributed by atoms with Gasteiger partial charge in [-0.3, -0.25) is 5.32 Å². The zero-order chi connectivity index (χ0) is 25.2. The van der Waals surface area contributed by atoms with Crippen molar-refractivity contribution < 1.29 is 23.5 Å². The number of nitrogens with zero attached hydrogens (tertiary/aromatic N) is 4. The Morgan fingerprint density at radius 3 is 2.37 bits per heavy atom. The van der Waals surface area contributed by atoms with Gasteiger partial charge in [-0.05, 0) is 49.7 Å². The lowest BCUT2D eigenvalue weighted by Gasteiger charge is -2.29. The second-order valence-electron chi connectivity index (χ2n) is 7.50. The molecule has 0 saturated carbocycles. The Morgan fingerprint density at radius 1 is 1.09 bits per heavy atom. The van der Waals surface area contributed by atoms with Crippen LogP contribution in [-0.4, -0.2) is 53.4 Å². The molecule has 4 rings (SSSR count). The number of morpholine rings is 1. The molecule has 10 nitrogen and oxygen atoms in total. The van der Waals surface area contributed by atoms with Crippen LogP contribution in [0.2, 0.25) is 0 Å². The second kappa shape index (κ2) is 12.3. The highest BCUT2D eigenvalue weighted by Crippen LogP contribution is 2.26. The van der Waals surface area contributed by atoms with Crippen LogP contribution in [0.5, 0.6) is 0 Å². The number of amides is 2. The average molecular weight is 481 g/mol. The van der Waals surface area contributed by atoms with Gasteiger partial charge in [-0.25, -0.2) is 24.1 Å². The molecular formula is C24H25FN6O4. The summed E-state index contributed by atoms with van der Waals surface area (Å²) in [5, 5.41) is 5.29. The fourth-order valence-electron chi connectivity index (χ4n) is 3.52. The Balaban J connectivity index is 0.00000108. The van der Waals surface area contributed by atoms with Crippen molar-refractivity contribution in [2.75, 3.05) is 41.8 Å². The number of halogens is 1. The molecule has 0 atom stereocenters. The molecule has 3 aromatic rings. The first-order valence-corrected chi connectivity index (χ1v) is 10.9. The SMILES string of the molecule is CCc1nc(-c2ccc(NC(=O)Nc3ccc(F)cc3)nc2)nc(N2CCOCC2)c1C.O=C=O. The van der Waals surface area contributed by atoms with Crippen LogP contribution in [0.15, 0.2) is 42.6 Å². The molecule has 0 unspecified atom stereocenters. The molecule has 1 fully saturated rings. The highest BCUT2D eigenvalue weighted by molar-refractivity contribution is 5.99. The van der Waals surface area contributed by atoms with E-state index in [1.807, 2.05) is 6.07 Å². The normalized spacial score (nSPS) is 12.7. The summed E-state index contributed by atoms with van der Waals surface area (Å²) in [6.07, 6.45) is 2.69. The van der Waals surface area contributed by atoms with Crippen molar-refractivity contribution in [1.82, 2.24) is 15.0 Å². The molecule has 1 aliphatic rings. The van der Waals surface area contributed by atoms with Gasteiger partial charge in [0.2, 0.25) is 0 Å². The summed E-state index contributed by atoms with van der Waals surface area (Å²) in [6, 6.07) is 8.58. The van der Waals surface area contributed by atoms with Crippen LogP contribution in [0.3, 0.4) is 0 Å². The predicted octanol–water partition coefficient (Wildman–Crippen LogP) is 3.45. The van der Waals surface area contributed by atoms with Gasteiger partial charge in [0.25, 0.3) is 0 Å². The van der Waals surface area contributed by atoms with E-state index in [-0.39, 0.29) is 12.0 Å². The number of nitrogens with one attached hydrogen (secondary N) is 2. The number of aromatic nitrogens is 3. The number of hydrogen-bond donors (Lipinski definition) is 2. The molecule has 2 amide bonds. The maximum Gasteiger partial charge on any atom is 0.373 e. The van der Waals surface area contributed by atoms with Crippen LogP contribution >= 0.6 is 0 Å². The third-order valence-corrected chi connectivity index (χ3v) is 5.23. The molecule has 0 bridgehead atoms. The fourth-order valence-corrected chi connectivity index (χ4v) is 3.52. The quantitative estimate of drug-likeness (QED) is 0.569. The zero-order valence-electron chi connectivity index (χ0n) is 19.4. The van der Waals surface area contributed by atoms with Crippen LogP contribution in [0.4, 0.5) is 26.5 Å². The molecule has 11 heteroatoms. The summed E-state index contributed by atoms with van der Waals surface area (Å²) in [6.45, 7) is 7.09. The minimum Gasteiger partial charge on any atom is -0.378 e. The van der Waals surface area contributed by atoms with Crippen LogP contribution in [-0.2, 0) is 20.7 Å². The molecule has 1 saturated heterocycles. The fraction of sp³-hybridized carbons (Fsp3) is 0.292. The van der Waals surface area contributed by atoms with Crippen molar-refractivity contribution in [3.63, 3.8) is 0 Å². The zero-order valence-corrected chi connectivity index (χ0v) is 19.4. The number of ether oxygens (including phenoxy) is 1. The van der Waals surface area contributed by atoms with E-state index >= 15 is 0 Å². The molecule has 3 heterocycles. The van der Waals surface area contributed by atoms with Crippen LogP contribution in [0.1, 0.15) is 18.2 Å². The lowest BCUT2D eigenvalue weighted by Crippen LogP contribution is -2.37. The van der Waals surface area contributed by atoms with Gasteiger partial charge in [-0.1, -0.05) is 6.92 Å². The summed E-state index contributed by atoms with van der Waals surface area (Å²) in [7, 11) is 0. The van der Waals surface area contributed by atoms with Gasteiger partial charge in [0.05, 0.1) is 13.2 Å². The Kier molecular flexibility index (Phi) is 8.94. The maximum atomic E-state index is 13.0. The van der Waals surface area contributed by atoms with Gasteiger partial charge in [-0.15, -0.1) is 0 Å². The minimum absolute atomic E-state index is 0.250. The third kappa shape index (κ3) is 6.89. The van der Waals surface area contributed by atoms with Crippen LogP contribution in [0, 0.1) is 12.7 Å². The summed E-state index contributed by atoms with van der Waals surface area (Å²) in [5.41, 5.74) is 3.33. The molecule has 0 radical (unpaired) electrons. The largest absolute Gasteiger partial charge is 0.378 e. The van der Waals surface area contributed by atoms with Crippen LogP contribution in [0.25, 0.3) is 11.4 Å². The summed E-state index contributed by atoms with van der Waals surface area (Å²) in [4.78, 5) is 44.5. The lowest BCUT2D eigenvalue weighted by molar-refractivity contribution is -0.191.